The van der Waals surface area contributed by atoms with Gasteiger partial charge in [-0.3, -0.25) is 4.79 Å². The fourth-order valence-electron chi connectivity index (χ4n) is 2.70. The lowest BCUT2D eigenvalue weighted by atomic mass is 10.2. The summed E-state index contributed by atoms with van der Waals surface area (Å²) in [6, 6.07) is 14.8. The summed E-state index contributed by atoms with van der Waals surface area (Å²) in [5.74, 6) is 0.117. The van der Waals surface area contributed by atoms with Crippen LogP contribution in [0.3, 0.4) is 0 Å². The van der Waals surface area contributed by atoms with E-state index in [2.05, 4.69) is 4.98 Å². The van der Waals surface area contributed by atoms with Crippen molar-refractivity contribution in [3.05, 3.63) is 64.3 Å². The molecule has 126 valence electrons. The van der Waals surface area contributed by atoms with Crippen LogP contribution in [0.5, 0.6) is 0 Å². The van der Waals surface area contributed by atoms with Gasteiger partial charge in [0.1, 0.15) is 10.6 Å². The molecule has 6 heteroatoms. The zero-order chi connectivity index (χ0) is 17.6. The molecule has 4 rings (SSSR count). The molecule has 1 amide bonds. The fraction of sp³-hybridized carbons (Fsp3) is 0.158. The molecule has 0 aliphatic rings. The first-order valence-corrected chi connectivity index (χ1v) is 9.04. The molecule has 1 atom stereocenters. The number of furan rings is 1. The Balaban J connectivity index is 1.63. The van der Waals surface area contributed by atoms with Crippen LogP contribution in [0.2, 0.25) is 5.02 Å². The Morgan fingerprint density at radius 3 is 2.84 bits per heavy atom. The molecule has 0 aliphatic heterocycles. The number of rotatable bonds is 3. The second-order valence-corrected chi connectivity index (χ2v) is 7.40. The van der Waals surface area contributed by atoms with Crippen molar-refractivity contribution in [1.82, 2.24) is 9.88 Å². The standard InChI is InChI=1S/C19H15ClN2O2S/c1-11(18-21-14-5-3-4-6-17(14)25-18)22(2)19(23)16-10-12-9-13(20)7-8-15(12)24-16/h3-11H,1-2H3/t11-/m0/s1. The van der Waals surface area contributed by atoms with Gasteiger partial charge in [0.2, 0.25) is 0 Å². The zero-order valence-corrected chi connectivity index (χ0v) is 15.3. The molecule has 25 heavy (non-hydrogen) atoms. The molecule has 0 spiro atoms. The average molecular weight is 371 g/mol. The predicted molar refractivity (Wildman–Crippen MR) is 101 cm³/mol. The van der Waals surface area contributed by atoms with Gasteiger partial charge >= 0.3 is 0 Å². The summed E-state index contributed by atoms with van der Waals surface area (Å²) >= 11 is 7.60. The molecule has 2 aromatic carbocycles. The van der Waals surface area contributed by atoms with E-state index < -0.39 is 0 Å². The van der Waals surface area contributed by atoms with Crippen molar-refractivity contribution in [2.24, 2.45) is 0 Å². The molecule has 0 radical (unpaired) electrons. The average Bonchev–Trinajstić information content (AvgIpc) is 3.23. The zero-order valence-electron chi connectivity index (χ0n) is 13.7. The second-order valence-electron chi connectivity index (χ2n) is 5.90. The molecular formula is C19H15ClN2O2S. The van der Waals surface area contributed by atoms with E-state index in [1.54, 1.807) is 47.5 Å². The van der Waals surface area contributed by atoms with Gasteiger partial charge < -0.3 is 9.32 Å². The number of aromatic nitrogens is 1. The summed E-state index contributed by atoms with van der Waals surface area (Å²) in [5, 5.41) is 2.33. The van der Waals surface area contributed by atoms with E-state index in [9.17, 15) is 4.79 Å². The molecule has 0 unspecified atom stereocenters. The first-order valence-electron chi connectivity index (χ1n) is 7.84. The minimum Gasteiger partial charge on any atom is -0.451 e. The van der Waals surface area contributed by atoms with Gasteiger partial charge in [0, 0.05) is 17.5 Å². The van der Waals surface area contributed by atoms with Crippen molar-refractivity contribution >= 4 is 50.0 Å². The number of amides is 1. The molecular weight excluding hydrogens is 356 g/mol. The van der Waals surface area contributed by atoms with Crippen LogP contribution < -0.4 is 0 Å². The van der Waals surface area contributed by atoms with Crippen molar-refractivity contribution in [3.8, 4) is 0 Å². The maximum Gasteiger partial charge on any atom is 0.289 e. The Labute approximate surface area is 153 Å². The van der Waals surface area contributed by atoms with Crippen LogP contribution in [0, 0.1) is 0 Å². The Kier molecular flexibility index (Phi) is 3.98. The highest BCUT2D eigenvalue weighted by Gasteiger charge is 2.24. The van der Waals surface area contributed by atoms with Crippen LogP contribution in [0.4, 0.5) is 0 Å². The van der Waals surface area contributed by atoms with E-state index in [1.165, 1.54) is 0 Å². The number of carbonyl (C=O) groups is 1. The van der Waals surface area contributed by atoms with Crippen LogP contribution in [-0.2, 0) is 0 Å². The van der Waals surface area contributed by atoms with Gasteiger partial charge in [-0.15, -0.1) is 11.3 Å². The Hall–Kier alpha value is -2.37. The van der Waals surface area contributed by atoms with E-state index >= 15 is 0 Å². The number of thiazole rings is 1. The smallest absolute Gasteiger partial charge is 0.289 e. The van der Waals surface area contributed by atoms with Gasteiger partial charge in [-0.2, -0.15) is 0 Å². The van der Waals surface area contributed by atoms with E-state index in [0.717, 1.165) is 20.6 Å². The van der Waals surface area contributed by atoms with Gasteiger partial charge in [0.15, 0.2) is 5.76 Å². The quantitative estimate of drug-likeness (QED) is 0.476. The summed E-state index contributed by atoms with van der Waals surface area (Å²) in [5.41, 5.74) is 1.60. The highest BCUT2D eigenvalue weighted by Crippen LogP contribution is 2.30. The van der Waals surface area contributed by atoms with Crippen molar-refractivity contribution in [2.45, 2.75) is 13.0 Å². The first kappa shape index (κ1) is 16.1. The van der Waals surface area contributed by atoms with Crippen LogP contribution in [0.15, 0.2) is 52.9 Å². The summed E-state index contributed by atoms with van der Waals surface area (Å²) in [6.07, 6.45) is 0. The normalized spacial score (nSPS) is 12.6. The predicted octanol–water partition coefficient (Wildman–Crippen LogP) is 5.53. The molecule has 4 nitrogen and oxygen atoms in total. The van der Waals surface area contributed by atoms with Gasteiger partial charge in [0.25, 0.3) is 5.91 Å². The number of halogens is 1. The SMILES string of the molecule is C[C@@H](c1nc2ccccc2s1)N(C)C(=O)c1cc2cc(Cl)ccc2o1. The molecule has 4 aromatic rings. The highest BCUT2D eigenvalue weighted by molar-refractivity contribution is 7.18. The van der Waals surface area contributed by atoms with Gasteiger partial charge in [-0.05, 0) is 43.3 Å². The largest absolute Gasteiger partial charge is 0.451 e. The molecule has 2 aromatic heterocycles. The fourth-order valence-corrected chi connectivity index (χ4v) is 3.95. The number of fused-ring (bicyclic) bond motifs is 2. The van der Waals surface area contributed by atoms with Crippen molar-refractivity contribution in [1.29, 1.82) is 0 Å². The second kappa shape index (κ2) is 6.17. The molecule has 0 aliphatic carbocycles. The lowest BCUT2D eigenvalue weighted by Crippen LogP contribution is -2.29. The molecule has 2 heterocycles. The number of benzene rings is 2. The summed E-state index contributed by atoms with van der Waals surface area (Å²) < 4.78 is 6.80. The van der Waals surface area contributed by atoms with Crippen molar-refractivity contribution in [2.75, 3.05) is 7.05 Å². The van der Waals surface area contributed by atoms with Crippen LogP contribution in [0.25, 0.3) is 21.2 Å². The monoisotopic (exact) mass is 370 g/mol. The van der Waals surface area contributed by atoms with Gasteiger partial charge in [-0.1, -0.05) is 23.7 Å². The summed E-state index contributed by atoms with van der Waals surface area (Å²) in [4.78, 5) is 19.1. The molecule has 0 fully saturated rings. The van der Waals surface area contributed by atoms with Gasteiger partial charge in [-0.25, -0.2) is 4.98 Å². The first-order chi connectivity index (χ1) is 12.0. The summed E-state index contributed by atoms with van der Waals surface area (Å²) in [7, 11) is 1.76. The molecule has 0 saturated carbocycles. The minimum absolute atomic E-state index is 0.151. The van der Waals surface area contributed by atoms with Crippen molar-refractivity contribution < 1.29 is 9.21 Å². The Morgan fingerprint density at radius 1 is 1.24 bits per heavy atom. The number of carbonyl (C=O) groups excluding carboxylic acids is 1. The van der Waals surface area contributed by atoms with Crippen LogP contribution >= 0.6 is 22.9 Å². The third-order valence-corrected chi connectivity index (χ3v) is 5.70. The topological polar surface area (TPSA) is 46.3 Å². The third kappa shape index (κ3) is 2.90. The number of hydrogen-bond donors (Lipinski definition) is 0. The number of hydrogen-bond acceptors (Lipinski definition) is 4. The number of para-hydroxylation sites is 1. The third-order valence-electron chi connectivity index (χ3n) is 4.26. The van der Waals surface area contributed by atoms with Gasteiger partial charge in [0.05, 0.1) is 16.3 Å². The Morgan fingerprint density at radius 2 is 2.04 bits per heavy atom. The maximum atomic E-state index is 12.8. The van der Waals surface area contributed by atoms with E-state index in [4.69, 9.17) is 16.0 Å². The maximum absolute atomic E-state index is 12.8. The minimum atomic E-state index is -0.181. The van der Waals surface area contributed by atoms with Crippen LogP contribution in [-0.4, -0.2) is 22.8 Å². The lowest BCUT2D eigenvalue weighted by Gasteiger charge is -2.22. The molecule has 0 bridgehead atoms. The molecule has 0 N–H and O–H groups in total. The van der Waals surface area contributed by atoms with E-state index in [-0.39, 0.29) is 11.9 Å². The summed E-state index contributed by atoms with van der Waals surface area (Å²) in [6.45, 7) is 1.97. The molecule has 0 saturated heterocycles. The van der Waals surface area contributed by atoms with E-state index in [1.807, 2.05) is 31.2 Å². The van der Waals surface area contributed by atoms with Crippen LogP contribution in [0.1, 0.15) is 28.5 Å². The van der Waals surface area contributed by atoms with Crippen molar-refractivity contribution in [3.63, 3.8) is 0 Å². The Bertz CT molecular complexity index is 1050. The lowest BCUT2D eigenvalue weighted by molar-refractivity contribution is 0.0713. The van der Waals surface area contributed by atoms with E-state index in [0.29, 0.717) is 16.4 Å². The highest BCUT2D eigenvalue weighted by atomic mass is 35.5. The number of nitrogens with zero attached hydrogens (tertiary/aromatic N) is 2.